The lowest BCUT2D eigenvalue weighted by Gasteiger charge is -2.15. The van der Waals surface area contributed by atoms with Crippen LogP contribution in [0.2, 0.25) is 0 Å². The van der Waals surface area contributed by atoms with Gasteiger partial charge in [0, 0.05) is 21.8 Å². The molecule has 0 heterocycles. The molecule has 1 aliphatic carbocycles. The molecule has 5 N–H and O–H groups in total. The van der Waals surface area contributed by atoms with Crippen molar-refractivity contribution in [3.05, 3.63) is 94.4 Å². The van der Waals surface area contributed by atoms with Gasteiger partial charge in [0.15, 0.2) is 5.75 Å². The Labute approximate surface area is 232 Å². The smallest absolute Gasteiger partial charge is 0.316 e. The maximum absolute atomic E-state index is 12.6. The number of amides is 1. The van der Waals surface area contributed by atoms with Crippen LogP contribution in [0.15, 0.2) is 103 Å². The van der Waals surface area contributed by atoms with E-state index < -0.39 is 26.7 Å². The molecule has 4 aromatic rings. The van der Waals surface area contributed by atoms with E-state index in [0.29, 0.717) is 41.0 Å². The van der Waals surface area contributed by atoms with Gasteiger partial charge in [-0.1, -0.05) is 18.2 Å². The zero-order chi connectivity index (χ0) is 29.1. The van der Waals surface area contributed by atoms with Crippen LogP contribution in [0.4, 0.5) is 28.4 Å². The molecule has 1 amide bonds. The SMILES string of the molecule is NOS(=O)(=O)c1cc2ccc(N)cc2c(O)c1N=Nc1ccc(N=Nc2ccc(C(=O)N=O)cc2)c2c1CC=CC2. The molecule has 0 aromatic heterocycles. The lowest BCUT2D eigenvalue weighted by atomic mass is 9.94. The van der Waals surface area contributed by atoms with Gasteiger partial charge in [-0.15, -0.1) is 10.0 Å². The second-order valence-corrected chi connectivity index (χ2v) is 10.4. The van der Waals surface area contributed by atoms with E-state index in [1.165, 1.54) is 36.4 Å². The van der Waals surface area contributed by atoms with Crippen molar-refractivity contribution in [2.75, 3.05) is 5.73 Å². The molecule has 5 rings (SSSR count). The third-order valence-electron chi connectivity index (χ3n) is 6.39. The summed E-state index contributed by atoms with van der Waals surface area (Å²) in [6, 6.07) is 15.1. The maximum Gasteiger partial charge on any atom is 0.316 e. The van der Waals surface area contributed by atoms with Crippen molar-refractivity contribution in [2.24, 2.45) is 31.5 Å². The third-order valence-corrected chi connectivity index (χ3v) is 7.50. The number of azo groups is 2. The van der Waals surface area contributed by atoms with E-state index >= 15 is 0 Å². The fourth-order valence-corrected chi connectivity index (χ4v) is 5.10. The van der Waals surface area contributed by atoms with Crippen molar-refractivity contribution in [3.8, 4) is 5.75 Å². The van der Waals surface area contributed by atoms with E-state index in [4.69, 9.17) is 11.6 Å². The Bertz CT molecular complexity index is 1900. The Hall–Kier alpha value is -5.18. The van der Waals surface area contributed by atoms with Crippen molar-refractivity contribution in [2.45, 2.75) is 17.7 Å². The molecule has 206 valence electrons. The number of carbonyl (C=O) groups is 1. The van der Waals surface area contributed by atoms with E-state index in [-0.39, 0.29) is 16.6 Å². The summed E-state index contributed by atoms with van der Waals surface area (Å²) in [7, 11) is -4.47. The minimum absolute atomic E-state index is 0.145. The summed E-state index contributed by atoms with van der Waals surface area (Å²) in [5.74, 6) is 3.69. The van der Waals surface area contributed by atoms with Gasteiger partial charge in [0.2, 0.25) is 0 Å². The number of carbonyl (C=O) groups excluding carboxylic acids is 1. The Morgan fingerprint density at radius 2 is 1.49 bits per heavy atom. The van der Waals surface area contributed by atoms with Crippen LogP contribution in [-0.2, 0) is 27.2 Å². The zero-order valence-electron chi connectivity index (χ0n) is 21.1. The number of hydrogen-bond acceptors (Lipinski definition) is 12. The Morgan fingerprint density at radius 3 is 2.10 bits per heavy atom. The molecule has 0 saturated carbocycles. The largest absolute Gasteiger partial charge is 0.505 e. The summed E-state index contributed by atoms with van der Waals surface area (Å²) in [6.07, 6.45) is 4.96. The first kappa shape index (κ1) is 27.4. The summed E-state index contributed by atoms with van der Waals surface area (Å²) in [6.45, 7) is 0. The third kappa shape index (κ3) is 5.47. The molecule has 14 heteroatoms. The molecule has 0 saturated heterocycles. The Morgan fingerprint density at radius 1 is 0.854 bits per heavy atom. The number of aromatic hydroxyl groups is 1. The minimum atomic E-state index is -4.47. The second kappa shape index (κ2) is 11.1. The van der Waals surface area contributed by atoms with Crippen molar-refractivity contribution in [3.63, 3.8) is 0 Å². The van der Waals surface area contributed by atoms with Crippen molar-refractivity contribution >= 4 is 55.2 Å². The molecule has 0 spiro atoms. The van der Waals surface area contributed by atoms with Crippen LogP contribution in [0.5, 0.6) is 5.75 Å². The predicted molar refractivity (Wildman–Crippen MR) is 150 cm³/mol. The number of rotatable bonds is 7. The van der Waals surface area contributed by atoms with Gasteiger partial charge in [-0.05, 0) is 84.0 Å². The molecule has 0 aliphatic heterocycles. The average Bonchev–Trinajstić information content (AvgIpc) is 2.99. The number of phenols is 1. The number of nitrogen functional groups attached to an aromatic ring is 1. The molecule has 1 aliphatic rings. The Kier molecular flexibility index (Phi) is 7.43. The predicted octanol–water partition coefficient (Wildman–Crippen LogP) is 6.10. The molecule has 4 aromatic carbocycles. The van der Waals surface area contributed by atoms with Crippen LogP contribution in [0, 0.1) is 4.91 Å². The lowest BCUT2D eigenvalue weighted by Crippen LogP contribution is -2.11. The van der Waals surface area contributed by atoms with Gasteiger partial charge >= 0.3 is 16.0 Å². The molecular formula is C27H21N7O6S. The van der Waals surface area contributed by atoms with Crippen molar-refractivity contribution < 1.29 is 22.6 Å². The van der Waals surface area contributed by atoms with Gasteiger partial charge in [0.05, 0.1) is 17.1 Å². The van der Waals surface area contributed by atoms with E-state index in [2.05, 4.69) is 29.9 Å². The zero-order valence-corrected chi connectivity index (χ0v) is 21.9. The normalized spacial score (nSPS) is 13.2. The van der Waals surface area contributed by atoms with Gasteiger partial charge in [0.1, 0.15) is 10.6 Å². The van der Waals surface area contributed by atoms with Crippen LogP contribution in [0.25, 0.3) is 10.8 Å². The fraction of sp³-hybridized carbons (Fsp3) is 0.0741. The number of allylic oxidation sites excluding steroid dienone is 2. The standard InChI is InChI=1S/C27H21N7O6S/c28-17-8-5-16-13-24(41(38,39)40-29)25(26(35)21(16)14-17)33-32-23-12-11-22(19-3-1-2-4-20(19)23)31-30-18-9-6-15(7-10-18)27(36)34-37/h1-2,5-14,35H,3-4,28-29H2. The van der Waals surface area contributed by atoms with Crippen LogP contribution >= 0.6 is 0 Å². The first-order valence-corrected chi connectivity index (χ1v) is 13.4. The summed E-state index contributed by atoms with van der Waals surface area (Å²) in [5.41, 5.74) is 9.07. The Balaban J connectivity index is 1.54. The first-order valence-electron chi connectivity index (χ1n) is 12.0. The highest BCUT2D eigenvalue weighted by atomic mass is 32.2. The average molecular weight is 572 g/mol. The number of phenolic OH excluding ortho intramolecular Hbond substituents is 1. The van der Waals surface area contributed by atoms with Gasteiger partial charge < -0.3 is 10.8 Å². The van der Waals surface area contributed by atoms with Crippen LogP contribution in [-0.4, -0.2) is 19.4 Å². The molecule has 13 nitrogen and oxygen atoms in total. The van der Waals surface area contributed by atoms with Crippen LogP contribution in [0.1, 0.15) is 21.5 Å². The number of benzene rings is 4. The van der Waals surface area contributed by atoms with Crippen molar-refractivity contribution in [1.29, 1.82) is 0 Å². The van der Waals surface area contributed by atoms with E-state index in [1.54, 1.807) is 24.3 Å². The van der Waals surface area contributed by atoms with Gasteiger partial charge in [-0.3, -0.25) is 4.79 Å². The molecule has 0 fully saturated rings. The quantitative estimate of drug-likeness (QED) is 0.0773. The highest BCUT2D eigenvalue weighted by molar-refractivity contribution is 7.86. The van der Waals surface area contributed by atoms with E-state index in [1.807, 2.05) is 12.2 Å². The number of nitrogens with zero attached hydrogens (tertiary/aromatic N) is 5. The fourth-order valence-electron chi connectivity index (χ4n) is 4.35. The molecule has 41 heavy (non-hydrogen) atoms. The summed E-state index contributed by atoms with van der Waals surface area (Å²) >= 11 is 0. The van der Waals surface area contributed by atoms with Gasteiger partial charge in [-0.25, -0.2) is 0 Å². The summed E-state index contributed by atoms with van der Waals surface area (Å²) < 4.78 is 29.4. The number of nitrogens with two attached hydrogens (primary N) is 2. The molecule has 0 atom stereocenters. The summed E-state index contributed by atoms with van der Waals surface area (Å²) in [5, 5.41) is 31.0. The topological polar surface area (TPSA) is 212 Å². The molecule has 0 radical (unpaired) electrons. The molecule has 0 bridgehead atoms. The summed E-state index contributed by atoms with van der Waals surface area (Å²) in [4.78, 5) is 21.4. The maximum atomic E-state index is 12.6. The molecule has 0 unspecified atom stereocenters. The van der Waals surface area contributed by atoms with Gasteiger partial charge in [-0.2, -0.15) is 33.9 Å². The molecular weight excluding hydrogens is 550 g/mol. The first-order chi connectivity index (χ1) is 19.7. The van der Waals surface area contributed by atoms with Crippen molar-refractivity contribution in [1.82, 2.24) is 0 Å². The van der Waals surface area contributed by atoms with E-state index in [0.717, 1.165) is 11.1 Å². The van der Waals surface area contributed by atoms with Gasteiger partial charge in [0.25, 0.3) is 0 Å². The highest BCUT2D eigenvalue weighted by Crippen LogP contribution is 2.43. The monoisotopic (exact) mass is 571 g/mol. The van der Waals surface area contributed by atoms with Crippen LogP contribution in [0.3, 0.4) is 0 Å². The number of nitroso groups, excluding NO2 is 1. The van der Waals surface area contributed by atoms with Crippen LogP contribution < -0.4 is 11.6 Å². The highest BCUT2D eigenvalue weighted by Gasteiger charge is 2.25. The van der Waals surface area contributed by atoms with E-state index in [9.17, 15) is 23.2 Å². The number of anilines is 1. The number of fused-ring (bicyclic) bond motifs is 2. The second-order valence-electron chi connectivity index (χ2n) is 8.89. The number of hydrogen-bond donors (Lipinski definition) is 3. The minimum Gasteiger partial charge on any atom is -0.505 e. The lowest BCUT2D eigenvalue weighted by molar-refractivity contribution is 0.100.